The second kappa shape index (κ2) is 5.31. The molecule has 0 unspecified atom stereocenters. The van der Waals surface area contributed by atoms with E-state index in [-0.39, 0.29) is 5.63 Å². The van der Waals surface area contributed by atoms with Gasteiger partial charge in [0.1, 0.15) is 5.58 Å². The van der Waals surface area contributed by atoms with Crippen molar-refractivity contribution >= 4 is 16.7 Å². The van der Waals surface area contributed by atoms with E-state index >= 15 is 0 Å². The van der Waals surface area contributed by atoms with Gasteiger partial charge in [0.2, 0.25) is 0 Å². The highest BCUT2D eigenvalue weighted by Gasteiger charge is 2.15. The summed E-state index contributed by atoms with van der Waals surface area (Å²) in [4.78, 5) is 11.7. The van der Waals surface area contributed by atoms with Gasteiger partial charge in [0.15, 0.2) is 0 Å². The van der Waals surface area contributed by atoms with Crippen LogP contribution in [0.25, 0.3) is 11.0 Å². The molecule has 1 saturated carbocycles. The summed E-state index contributed by atoms with van der Waals surface area (Å²) < 4.78 is 5.33. The summed E-state index contributed by atoms with van der Waals surface area (Å²) >= 11 is 0. The molecule has 3 heteroatoms. The molecule has 1 fully saturated rings. The number of benzene rings is 1. The van der Waals surface area contributed by atoms with Crippen LogP contribution in [0, 0.1) is 13.8 Å². The van der Waals surface area contributed by atoms with Crippen LogP contribution in [0.3, 0.4) is 0 Å². The SMILES string of the molecule is Cc1cc2oc(=O)cc(NC3CCCCC3)c2cc1C. The van der Waals surface area contributed by atoms with Crippen molar-refractivity contribution in [1.82, 2.24) is 0 Å². The molecule has 106 valence electrons. The van der Waals surface area contributed by atoms with E-state index < -0.39 is 0 Å². The number of aryl methyl sites for hydroxylation is 2. The zero-order valence-corrected chi connectivity index (χ0v) is 12.2. The summed E-state index contributed by atoms with van der Waals surface area (Å²) in [6.45, 7) is 4.13. The second-order valence-corrected chi connectivity index (χ2v) is 5.89. The normalized spacial score (nSPS) is 16.5. The Labute approximate surface area is 119 Å². The highest BCUT2D eigenvalue weighted by molar-refractivity contribution is 5.90. The van der Waals surface area contributed by atoms with Gasteiger partial charge in [-0.3, -0.25) is 0 Å². The summed E-state index contributed by atoms with van der Waals surface area (Å²) in [7, 11) is 0. The first kappa shape index (κ1) is 13.2. The fourth-order valence-corrected chi connectivity index (χ4v) is 3.00. The van der Waals surface area contributed by atoms with Gasteiger partial charge in [-0.05, 0) is 49.9 Å². The molecule has 0 aliphatic heterocycles. The number of hydrogen-bond donors (Lipinski definition) is 1. The Morgan fingerprint density at radius 1 is 1.05 bits per heavy atom. The second-order valence-electron chi connectivity index (χ2n) is 5.89. The molecule has 0 amide bonds. The largest absolute Gasteiger partial charge is 0.423 e. The van der Waals surface area contributed by atoms with E-state index in [4.69, 9.17) is 4.42 Å². The highest BCUT2D eigenvalue weighted by Crippen LogP contribution is 2.28. The first-order valence-electron chi connectivity index (χ1n) is 7.45. The molecule has 2 aromatic rings. The maximum Gasteiger partial charge on any atom is 0.338 e. The van der Waals surface area contributed by atoms with Crippen molar-refractivity contribution in [3.63, 3.8) is 0 Å². The lowest BCUT2D eigenvalue weighted by molar-refractivity contribution is 0.462. The van der Waals surface area contributed by atoms with E-state index in [1.807, 2.05) is 13.0 Å². The molecule has 1 heterocycles. The Balaban J connectivity index is 2.04. The third-order valence-corrected chi connectivity index (χ3v) is 4.32. The predicted molar refractivity (Wildman–Crippen MR) is 82.5 cm³/mol. The molecule has 0 atom stereocenters. The van der Waals surface area contributed by atoms with Gasteiger partial charge in [-0.2, -0.15) is 0 Å². The van der Waals surface area contributed by atoms with Crippen molar-refractivity contribution in [2.75, 3.05) is 5.32 Å². The van der Waals surface area contributed by atoms with Crippen LogP contribution in [0.2, 0.25) is 0 Å². The van der Waals surface area contributed by atoms with Gasteiger partial charge < -0.3 is 9.73 Å². The van der Waals surface area contributed by atoms with Crippen molar-refractivity contribution < 1.29 is 4.42 Å². The maximum atomic E-state index is 11.7. The van der Waals surface area contributed by atoms with Crippen LogP contribution < -0.4 is 10.9 Å². The Bertz CT molecular complexity index is 681. The number of rotatable bonds is 2. The summed E-state index contributed by atoms with van der Waals surface area (Å²) in [5.74, 6) is 0. The van der Waals surface area contributed by atoms with Crippen LogP contribution in [0.4, 0.5) is 5.69 Å². The molecule has 3 nitrogen and oxygen atoms in total. The third-order valence-electron chi connectivity index (χ3n) is 4.32. The van der Waals surface area contributed by atoms with Crippen molar-refractivity contribution in [2.24, 2.45) is 0 Å². The van der Waals surface area contributed by atoms with Crippen LogP contribution in [0.15, 0.2) is 27.4 Å². The van der Waals surface area contributed by atoms with Crippen molar-refractivity contribution in [1.29, 1.82) is 0 Å². The first-order valence-corrected chi connectivity index (χ1v) is 7.45. The van der Waals surface area contributed by atoms with E-state index in [0.29, 0.717) is 11.6 Å². The molecule has 1 aromatic heterocycles. The summed E-state index contributed by atoms with van der Waals surface area (Å²) in [6, 6.07) is 6.14. The molecule has 0 spiro atoms. The van der Waals surface area contributed by atoms with E-state index in [9.17, 15) is 4.79 Å². The Morgan fingerprint density at radius 3 is 2.50 bits per heavy atom. The standard InChI is InChI=1S/C17H21NO2/c1-11-8-14-15(18-13-6-4-3-5-7-13)10-17(19)20-16(14)9-12(11)2/h8-10,13,18H,3-7H2,1-2H3. The van der Waals surface area contributed by atoms with Gasteiger partial charge in [0.05, 0.1) is 5.69 Å². The highest BCUT2D eigenvalue weighted by atomic mass is 16.4. The summed E-state index contributed by atoms with van der Waals surface area (Å²) in [5.41, 5.74) is 3.69. The average molecular weight is 271 g/mol. The van der Waals surface area contributed by atoms with Crippen LogP contribution in [0.1, 0.15) is 43.2 Å². The molecule has 0 saturated heterocycles. The Kier molecular flexibility index (Phi) is 3.51. The first-order chi connectivity index (χ1) is 9.63. The van der Waals surface area contributed by atoms with Gasteiger partial charge in [0.25, 0.3) is 0 Å². The molecule has 1 aliphatic carbocycles. The van der Waals surface area contributed by atoms with Crippen LogP contribution >= 0.6 is 0 Å². The monoisotopic (exact) mass is 271 g/mol. The van der Waals surface area contributed by atoms with Gasteiger partial charge >= 0.3 is 5.63 Å². The lowest BCUT2D eigenvalue weighted by atomic mass is 9.95. The van der Waals surface area contributed by atoms with Crippen LogP contribution in [-0.4, -0.2) is 6.04 Å². The minimum atomic E-state index is -0.279. The number of nitrogens with one attached hydrogen (secondary N) is 1. The third kappa shape index (κ3) is 2.58. The zero-order valence-electron chi connectivity index (χ0n) is 12.2. The molecular formula is C17H21NO2. The topological polar surface area (TPSA) is 42.2 Å². The smallest absolute Gasteiger partial charge is 0.338 e. The lowest BCUT2D eigenvalue weighted by Crippen LogP contribution is -2.23. The van der Waals surface area contributed by atoms with Crippen molar-refractivity contribution in [3.8, 4) is 0 Å². The molecule has 1 aromatic carbocycles. The predicted octanol–water partition coefficient (Wildman–Crippen LogP) is 4.15. The summed E-state index contributed by atoms with van der Waals surface area (Å²) in [5, 5.41) is 4.56. The minimum absolute atomic E-state index is 0.279. The van der Waals surface area contributed by atoms with Gasteiger partial charge in [0, 0.05) is 17.5 Å². The van der Waals surface area contributed by atoms with E-state index in [1.54, 1.807) is 6.07 Å². The van der Waals surface area contributed by atoms with Gasteiger partial charge in [-0.15, -0.1) is 0 Å². The molecular weight excluding hydrogens is 250 g/mol. The number of hydrogen-bond acceptors (Lipinski definition) is 3. The van der Waals surface area contributed by atoms with E-state index in [2.05, 4.69) is 18.3 Å². The molecule has 0 radical (unpaired) electrons. The Hall–Kier alpha value is -1.77. The molecule has 0 bridgehead atoms. The maximum absolute atomic E-state index is 11.7. The van der Waals surface area contributed by atoms with Crippen molar-refractivity contribution in [3.05, 3.63) is 39.7 Å². The number of anilines is 1. The fraction of sp³-hybridized carbons (Fsp3) is 0.471. The van der Waals surface area contributed by atoms with Crippen molar-refractivity contribution in [2.45, 2.75) is 52.0 Å². The molecule has 20 heavy (non-hydrogen) atoms. The summed E-state index contributed by atoms with van der Waals surface area (Å²) in [6.07, 6.45) is 6.25. The quantitative estimate of drug-likeness (QED) is 0.834. The van der Waals surface area contributed by atoms with Gasteiger partial charge in [-0.25, -0.2) is 4.79 Å². The van der Waals surface area contributed by atoms with Crippen LogP contribution in [-0.2, 0) is 0 Å². The average Bonchev–Trinajstić information content (AvgIpc) is 2.42. The van der Waals surface area contributed by atoms with Crippen LogP contribution in [0.5, 0.6) is 0 Å². The zero-order chi connectivity index (χ0) is 14.1. The van der Waals surface area contributed by atoms with E-state index in [0.717, 1.165) is 16.6 Å². The Morgan fingerprint density at radius 2 is 1.75 bits per heavy atom. The molecule has 3 rings (SSSR count). The fourth-order valence-electron chi connectivity index (χ4n) is 3.00. The molecule has 1 aliphatic rings. The van der Waals surface area contributed by atoms with E-state index in [1.165, 1.54) is 37.7 Å². The lowest BCUT2D eigenvalue weighted by Gasteiger charge is -2.24. The minimum Gasteiger partial charge on any atom is -0.423 e. The number of fused-ring (bicyclic) bond motifs is 1. The molecule has 1 N–H and O–H groups in total. The van der Waals surface area contributed by atoms with Gasteiger partial charge in [-0.1, -0.05) is 19.3 Å².